The van der Waals surface area contributed by atoms with Crippen LogP contribution >= 0.6 is 0 Å². The highest BCUT2D eigenvalue weighted by molar-refractivity contribution is 7.86. The first-order valence-electron chi connectivity index (χ1n) is 6.07. The minimum atomic E-state index is -4.89. The van der Waals surface area contributed by atoms with E-state index in [0.717, 1.165) is 12.1 Å². The van der Waals surface area contributed by atoms with E-state index >= 15 is 0 Å². The van der Waals surface area contributed by atoms with Crippen LogP contribution < -0.4 is 4.90 Å². The van der Waals surface area contributed by atoms with E-state index in [1.165, 1.54) is 0 Å². The third-order valence-corrected chi connectivity index (χ3v) is 4.07. The van der Waals surface area contributed by atoms with Crippen molar-refractivity contribution in [3.63, 3.8) is 0 Å². The molecular formula is C12H10F5NO3S. The fourth-order valence-electron chi connectivity index (χ4n) is 2.41. The number of nitrogens with zero attached hydrogens (tertiary/aromatic N) is 1. The summed E-state index contributed by atoms with van der Waals surface area (Å²) in [6.45, 7) is -0.494. The molecule has 22 heavy (non-hydrogen) atoms. The van der Waals surface area contributed by atoms with Gasteiger partial charge in [0.2, 0.25) is 5.91 Å². The molecule has 0 bridgehead atoms. The van der Waals surface area contributed by atoms with Crippen LogP contribution in [0.25, 0.3) is 0 Å². The van der Waals surface area contributed by atoms with E-state index in [1.807, 2.05) is 0 Å². The maximum atomic E-state index is 13.8. The van der Waals surface area contributed by atoms with Gasteiger partial charge in [0.15, 0.2) is 0 Å². The van der Waals surface area contributed by atoms with Crippen molar-refractivity contribution < 1.29 is 34.7 Å². The number of hydrogen-bond donors (Lipinski definition) is 0. The summed E-state index contributed by atoms with van der Waals surface area (Å²) in [6, 6.07) is 2.23. The molecule has 0 aromatic heterocycles. The molecule has 1 aliphatic heterocycles. The third-order valence-electron chi connectivity index (χ3n) is 3.20. The monoisotopic (exact) mass is 343 g/mol. The zero-order valence-electron chi connectivity index (χ0n) is 10.9. The number of rotatable bonds is 3. The van der Waals surface area contributed by atoms with Crippen LogP contribution in [0.1, 0.15) is 12.0 Å². The van der Waals surface area contributed by atoms with E-state index in [-0.39, 0.29) is 0 Å². The normalized spacial score (nSPS) is 19.8. The predicted molar refractivity (Wildman–Crippen MR) is 66.8 cm³/mol. The lowest BCUT2D eigenvalue weighted by Gasteiger charge is -2.22. The highest BCUT2D eigenvalue weighted by atomic mass is 32.3. The van der Waals surface area contributed by atoms with Gasteiger partial charge >= 0.3 is 16.4 Å². The summed E-state index contributed by atoms with van der Waals surface area (Å²) < 4.78 is 86.3. The second-order valence-electron chi connectivity index (χ2n) is 4.91. The lowest BCUT2D eigenvalue weighted by Crippen LogP contribution is -2.29. The Hall–Kier alpha value is -1.71. The molecule has 1 aromatic carbocycles. The van der Waals surface area contributed by atoms with Gasteiger partial charge in [0.05, 0.1) is 17.0 Å². The summed E-state index contributed by atoms with van der Waals surface area (Å²) in [5.41, 5.74) is -2.30. The first-order valence-corrected chi connectivity index (χ1v) is 7.62. The minimum absolute atomic E-state index is 0.464. The topological polar surface area (TPSA) is 54.5 Å². The van der Waals surface area contributed by atoms with Crippen molar-refractivity contribution >= 4 is 21.8 Å². The summed E-state index contributed by atoms with van der Waals surface area (Å²) >= 11 is 0. The molecule has 0 radical (unpaired) electrons. The fraction of sp³-hybridized carbons (Fsp3) is 0.417. The summed E-state index contributed by atoms with van der Waals surface area (Å²) in [5, 5.41) is 0. The molecule has 1 fully saturated rings. The summed E-state index contributed by atoms with van der Waals surface area (Å²) in [6.07, 6.45) is -5.35. The Morgan fingerprint density at radius 2 is 1.91 bits per heavy atom. The van der Waals surface area contributed by atoms with E-state index in [0.29, 0.717) is 11.0 Å². The molecule has 122 valence electrons. The molecule has 4 nitrogen and oxygen atoms in total. The van der Waals surface area contributed by atoms with Crippen LogP contribution in [0.15, 0.2) is 18.2 Å². The zero-order valence-corrected chi connectivity index (χ0v) is 11.7. The van der Waals surface area contributed by atoms with Gasteiger partial charge in [0.25, 0.3) is 0 Å². The first kappa shape index (κ1) is 16.7. The molecule has 10 heteroatoms. The largest absolute Gasteiger partial charge is 0.418 e. The standard InChI is InChI=1S/C12H10F5NO3S/c13-9-3-1-2-8(12(14,15)16)11(9)18-5-7(4-10(18)19)6-22(17,20)21/h1-3,7H,4-6H2. The van der Waals surface area contributed by atoms with E-state index in [4.69, 9.17) is 0 Å². The molecule has 1 saturated heterocycles. The molecule has 1 aliphatic rings. The van der Waals surface area contributed by atoms with Gasteiger partial charge in [-0.3, -0.25) is 4.79 Å². The maximum Gasteiger partial charge on any atom is 0.418 e. The third kappa shape index (κ3) is 3.54. The zero-order chi connectivity index (χ0) is 16.7. The first-order chi connectivity index (χ1) is 9.99. The Bertz CT molecular complexity index is 701. The highest BCUT2D eigenvalue weighted by Crippen LogP contribution is 2.40. The van der Waals surface area contributed by atoms with Gasteiger partial charge in [-0.05, 0) is 12.1 Å². The molecule has 0 N–H and O–H groups in total. The van der Waals surface area contributed by atoms with Crippen molar-refractivity contribution in [1.29, 1.82) is 0 Å². The average Bonchev–Trinajstić information content (AvgIpc) is 2.65. The lowest BCUT2D eigenvalue weighted by molar-refractivity contribution is -0.137. The molecule has 1 atom stereocenters. The Morgan fingerprint density at radius 3 is 2.45 bits per heavy atom. The van der Waals surface area contributed by atoms with Crippen LogP contribution in [0.2, 0.25) is 0 Å². The van der Waals surface area contributed by atoms with Gasteiger partial charge in [-0.15, -0.1) is 3.89 Å². The molecule has 1 heterocycles. The van der Waals surface area contributed by atoms with Crippen molar-refractivity contribution in [3.8, 4) is 0 Å². The van der Waals surface area contributed by atoms with Crippen LogP contribution in [0.3, 0.4) is 0 Å². The number of benzene rings is 1. The van der Waals surface area contributed by atoms with E-state index in [2.05, 4.69) is 0 Å². The lowest BCUT2D eigenvalue weighted by atomic mass is 10.1. The van der Waals surface area contributed by atoms with E-state index < -0.39 is 64.0 Å². The van der Waals surface area contributed by atoms with Gasteiger partial charge in [-0.1, -0.05) is 6.07 Å². The minimum Gasteiger partial charge on any atom is -0.309 e. The number of para-hydroxylation sites is 1. The average molecular weight is 343 g/mol. The second kappa shape index (κ2) is 5.49. The van der Waals surface area contributed by atoms with Crippen molar-refractivity contribution in [1.82, 2.24) is 0 Å². The van der Waals surface area contributed by atoms with E-state index in [1.54, 1.807) is 0 Å². The van der Waals surface area contributed by atoms with Gasteiger partial charge in [-0.2, -0.15) is 21.6 Å². The molecule has 0 spiro atoms. The highest BCUT2D eigenvalue weighted by Gasteiger charge is 2.41. The quantitative estimate of drug-likeness (QED) is 0.626. The molecule has 1 amide bonds. The Labute approximate surface area is 122 Å². The number of hydrogen-bond acceptors (Lipinski definition) is 3. The smallest absolute Gasteiger partial charge is 0.309 e. The summed E-state index contributed by atoms with van der Waals surface area (Å²) in [4.78, 5) is 12.3. The van der Waals surface area contributed by atoms with Crippen molar-refractivity contribution in [2.24, 2.45) is 5.92 Å². The fourth-order valence-corrected chi connectivity index (χ4v) is 3.20. The molecule has 0 saturated carbocycles. The number of carbonyl (C=O) groups excluding carboxylic acids is 1. The van der Waals surface area contributed by atoms with Gasteiger partial charge in [-0.25, -0.2) is 4.39 Å². The van der Waals surface area contributed by atoms with Crippen LogP contribution in [-0.2, 0) is 21.2 Å². The number of anilines is 1. The van der Waals surface area contributed by atoms with Crippen LogP contribution in [0.5, 0.6) is 0 Å². The van der Waals surface area contributed by atoms with Crippen molar-refractivity contribution in [3.05, 3.63) is 29.6 Å². The number of halogens is 5. The second-order valence-corrected chi connectivity index (χ2v) is 6.32. The molecule has 1 unspecified atom stereocenters. The van der Waals surface area contributed by atoms with Gasteiger partial charge < -0.3 is 4.90 Å². The SMILES string of the molecule is O=C1CC(CS(=O)(=O)F)CN1c1c(F)cccc1C(F)(F)F. The predicted octanol–water partition coefficient (Wildman–Crippen LogP) is 2.50. The summed E-state index contributed by atoms with van der Waals surface area (Å²) in [7, 11) is -4.88. The number of alkyl halides is 3. The molecular weight excluding hydrogens is 333 g/mol. The Kier molecular flexibility index (Phi) is 4.16. The van der Waals surface area contributed by atoms with Crippen LogP contribution in [0, 0.1) is 11.7 Å². The maximum absolute atomic E-state index is 13.8. The number of carbonyl (C=O) groups is 1. The summed E-state index contributed by atoms with van der Waals surface area (Å²) in [5.74, 6) is -4.16. The molecule has 0 aliphatic carbocycles. The number of amides is 1. The van der Waals surface area contributed by atoms with Crippen molar-refractivity contribution in [2.45, 2.75) is 12.6 Å². The van der Waals surface area contributed by atoms with Crippen LogP contribution in [0.4, 0.5) is 27.1 Å². The van der Waals surface area contributed by atoms with E-state index in [9.17, 15) is 34.7 Å². The molecule has 2 rings (SSSR count). The van der Waals surface area contributed by atoms with Crippen molar-refractivity contribution in [2.75, 3.05) is 17.2 Å². The Morgan fingerprint density at radius 1 is 1.27 bits per heavy atom. The molecule has 1 aromatic rings. The van der Waals surface area contributed by atoms with Gasteiger partial charge in [0, 0.05) is 18.9 Å². The van der Waals surface area contributed by atoms with Gasteiger partial charge in [0.1, 0.15) is 5.82 Å². The Balaban J connectivity index is 2.39. The van der Waals surface area contributed by atoms with Crippen LogP contribution in [-0.4, -0.2) is 26.6 Å².